The molecule has 208 valence electrons. The number of anilines is 1. The number of nitrogens with zero attached hydrogens (tertiary/aromatic N) is 2. The number of hydrogen-bond acceptors (Lipinski definition) is 5. The molecule has 0 spiro atoms. The van der Waals surface area contributed by atoms with Crippen LogP contribution in [-0.2, 0) is 26.2 Å². The minimum Gasteiger partial charge on any atom is -0.457 e. The van der Waals surface area contributed by atoms with Crippen LogP contribution in [0.15, 0.2) is 72.8 Å². The molecular weight excluding hydrogens is 561 g/mol. The predicted octanol–water partition coefficient (Wildman–Crippen LogP) is 5.49. The van der Waals surface area contributed by atoms with E-state index in [9.17, 15) is 18.0 Å². The zero-order valence-electron chi connectivity index (χ0n) is 22.1. The van der Waals surface area contributed by atoms with Gasteiger partial charge in [-0.2, -0.15) is 0 Å². The number of carbonyl (C=O) groups is 2. The van der Waals surface area contributed by atoms with Gasteiger partial charge < -0.3 is 15.0 Å². The number of hydrogen-bond donors (Lipinski definition) is 1. The monoisotopic (exact) mass is 591 g/mol. The van der Waals surface area contributed by atoms with Gasteiger partial charge in [-0.15, -0.1) is 0 Å². The minimum atomic E-state index is -3.87. The Bertz CT molecular complexity index is 1400. The summed E-state index contributed by atoms with van der Waals surface area (Å²) < 4.78 is 32.3. The predicted molar refractivity (Wildman–Crippen MR) is 155 cm³/mol. The second-order valence-corrected chi connectivity index (χ2v) is 12.0. The Balaban J connectivity index is 1.88. The van der Waals surface area contributed by atoms with Crippen LogP contribution in [0.25, 0.3) is 0 Å². The molecule has 3 rings (SSSR count). The third-order valence-electron chi connectivity index (χ3n) is 5.74. The number of rotatable bonds is 11. The molecule has 0 unspecified atom stereocenters. The molecule has 3 aromatic carbocycles. The first-order chi connectivity index (χ1) is 18.3. The van der Waals surface area contributed by atoms with Crippen LogP contribution in [0.2, 0.25) is 10.0 Å². The minimum absolute atomic E-state index is 0.0248. The number of para-hydroxylation sites is 1. The van der Waals surface area contributed by atoms with Crippen LogP contribution in [0, 0.1) is 0 Å². The van der Waals surface area contributed by atoms with Crippen molar-refractivity contribution in [2.75, 3.05) is 17.1 Å². The van der Waals surface area contributed by atoms with Gasteiger partial charge in [0, 0.05) is 22.6 Å². The third kappa shape index (κ3) is 8.61. The summed E-state index contributed by atoms with van der Waals surface area (Å²) in [6.45, 7) is 4.65. The molecular formula is C28H31Cl2N3O5S. The smallest absolute Gasteiger partial charge is 0.244 e. The number of benzene rings is 3. The molecule has 1 atom stereocenters. The molecule has 0 aliphatic heterocycles. The van der Waals surface area contributed by atoms with Crippen molar-refractivity contribution in [2.24, 2.45) is 0 Å². The van der Waals surface area contributed by atoms with E-state index < -0.39 is 28.5 Å². The van der Waals surface area contributed by atoms with E-state index in [0.717, 1.165) is 10.6 Å². The highest BCUT2D eigenvalue weighted by molar-refractivity contribution is 7.92. The SMILES string of the molecule is CC(C)NC(=O)[C@@H](C)N(Cc1ccc(Cl)cc1Cl)C(=O)CN(c1ccc(Oc2ccccc2)cc1)S(C)(=O)=O. The van der Waals surface area contributed by atoms with Gasteiger partial charge in [0.05, 0.1) is 11.9 Å². The first-order valence-corrected chi connectivity index (χ1v) is 14.8. The maximum absolute atomic E-state index is 13.6. The van der Waals surface area contributed by atoms with E-state index in [4.69, 9.17) is 27.9 Å². The van der Waals surface area contributed by atoms with Crippen LogP contribution < -0.4 is 14.4 Å². The van der Waals surface area contributed by atoms with Gasteiger partial charge in [-0.1, -0.05) is 47.5 Å². The van der Waals surface area contributed by atoms with Gasteiger partial charge in [-0.3, -0.25) is 13.9 Å². The van der Waals surface area contributed by atoms with Gasteiger partial charge in [0.1, 0.15) is 24.1 Å². The number of ether oxygens (including phenoxy) is 1. The Labute approximate surface area is 239 Å². The highest BCUT2D eigenvalue weighted by atomic mass is 35.5. The van der Waals surface area contributed by atoms with E-state index in [-0.39, 0.29) is 24.2 Å². The van der Waals surface area contributed by atoms with Crippen LogP contribution in [0.4, 0.5) is 5.69 Å². The first kappa shape index (κ1) is 30.3. The maximum atomic E-state index is 13.6. The molecule has 0 bridgehead atoms. The molecule has 0 saturated heterocycles. The average Bonchev–Trinajstić information content (AvgIpc) is 2.86. The molecule has 0 radical (unpaired) electrons. The fraction of sp³-hybridized carbons (Fsp3) is 0.286. The molecule has 0 aromatic heterocycles. The van der Waals surface area contributed by atoms with Crippen LogP contribution in [-0.4, -0.2) is 50.0 Å². The number of sulfonamides is 1. The Hall–Kier alpha value is -3.27. The second kappa shape index (κ2) is 13.2. The summed E-state index contributed by atoms with van der Waals surface area (Å²) in [5, 5.41) is 3.55. The molecule has 0 saturated carbocycles. The zero-order chi connectivity index (χ0) is 28.7. The fourth-order valence-corrected chi connectivity index (χ4v) is 5.06. The Morgan fingerprint density at radius 1 is 0.923 bits per heavy atom. The summed E-state index contributed by atoms with van der Waals surface area (Å²) in [4.78, 5) is 27.8. The molecule has 2 amide bonds. The number of amides is 2. The molecule has 1 N–H and O–H groups in total. The van der Waals surface area contributed by atoms with Crippen molar-refractivity contribution in [1.29, 1.82) is 0 Å². The second-order valence-electron chi connectivity index (χ2n) is 9.28. The lowest BCUT2D eigenvalue weighted by atomic mass is 10.1. The van der Waals surface area contributed by atoms with Crippen molar-refractivity contribution in [3.8, 4) is 11.5 Å². The van der Waals surface area contributed by atoms with Gasteiger partial charge in [-0.05, 0) is 74.9 Å². The molecule has 3 aromatic rings. The van der Waals surface area contributed by atoms with Crippen molar-refractivity contribution in [3.05, 3.63) is 88.4 Å². The van der Waals surface area contributed by atoms with Gasteiger partial charge in [0.25, 0.3) is 0 Å². The van der Waals surface area contributed by atoms with E-state index in [2.05, 4.69) is 5.32 Å². The van der Waals surface area contributed by atoms with Crippen molar-refractivity contribution in [1.82, 2.24) is 10.2 Å². The lowest BCUT2D eigenvalue weighted by molar-refractivity contribution is -0.139. The van der Waals surface area contributed by atoms with Crippen molar-refractivity contribution < 1.29 is 22.7 Å². The fourth-order valence-electron chi connectivity index (χ4n) is 3.74. The maximum Gasteiger partial charge on any atom is 0.244 e. The van der Waals surface area contributed by atoms with E-state index in [1.54, 1.807) is 61.5 Å². The van der Waals surface area contributed by atoms with Crippen molar-refractivity contribution in [3.63, 3.8) is 0 Å². The Kier molecular flexibility index (Phi) is 10.2. The van der Waals surface area contributed by atoms with E-state index in [1.807, 2.05) is 32.0 Å². The van der Waals surface area contributed by atoms with E-state index >= 15 is 0 Å². The Morgan fingerprint density at radius 3 is 2.10 bits per heavy atom. The Morgan fingerprint density at radius 2 is 1.54 bits per heavy atom. The van der Waals surface area contributed by atoms with E-state index in [1.165, 1.54) is 4.90 Å². The number of halogens is 2. The summed E-state index contributed by atoms with van der Waals surface area (Å²) >= 11 is 12.4. The van der Waals surface area contributed by atoms with Gasteiger partial charge in [0.15, 0.2) is 0 Å². The van der Waals surface area contributed by atoms with E-state index in [0.29, 0.717) is 27.1 Å². The molecule has 0 aliphatic rings. The first-order valence-electron chi connectivity index (χ1n) is 12.2. The summed E-state index contributed by atoms with van der Waals surface area (Å²) in [5.74, 6) is 0.174. The van der Waals surface area contributed by atoms with Crippen LogP contribution in [0.3, 0.4) is 0 Å². The number of carbonyl (C=O) groups excluding carboxylic acids is 2. The van der Waals surface area contributed by atoms with Crippen LogP contribution in [0.1, 0.15) is 26.3 Å². The van der Waals surface area contributed by atoms with Gasteiger partial charge in [-0.25, -0.2) is 8.42 Å². The largest absolute Gasteiger partial charge is 0.457 e. The standard InChI is InChI=1S/C28H31Cl2N3O5S/c1-19(2)31-28(35)20(3)32(17-21-10-11-22(29)16-26(21)30)27(34)18-33(39(4,36)37)23-12-14-25(15-13-23)38-24-8-6-5-7-9-24/h5-16,19-20H,17-18H2,1-4H3,(H,31,35)/t20-/m1/s1. The zero-order valence-corrected chi connectivity index (χ0v) is 24.4. The molecule has 11 heteroatoms. The topological polar surface area (TPSA) is 96.0 Å². The van der Waals surface area contributed by atoms with Gasteiger partial charge >= 0.3 is 0 Å². The summed E-state index contributed by atoms with van der Waals surface area (Å²) in [7, 11) is -3.87. The number of nitrogens with one attached hydrogen (secondary N) is 1. The summed E-state index contributed by atoms with van der Waals surface area (Å²) in [6.07, 6.45) is 1.02. The summed E-state index contributed by atoms with van der Waals surface area (Å²) in [6, 6.07) is 19.3. The highest BCUT2D eigenvalue weighted by Gasteiger charge is 2.30. The third-order valence-corrected chi connectivity index (χ3v) is 7.46. The van der Waals surface area contributed by atoms with Gasteiger partial charge in [0.2, 0.25) is 21.8 Å². The highest BCUT2D eigenvalue weighted by Crippen LogP contribution is 2.27. The lowest BCUT2D eigenvalue weighted by Crippen LogP contribution is -2.52. The van der Waals surface area contributed by atoms with Crippen molar-refractivity contribution in [2.45, 2.75) is 39.4 Å². The van der Waals surface area contributed by atoms with Crippen molar-refractivity contribution >= 4 is 50.7 Å². The molecule has 0 fully saturated rings. The lowest BCUT2D eigenvalue weighted by Gasteiger charge is -2.32. The average molecular weight is 593 g/mol. The molecule has 8 nitrogen and oxygen atoms in total. The quantitative estimate of drug-likeness (QED) is 0.318. The molecule has 0 heterocycles. The van der Waals surface area contributed by atoms with Crippen LogP contribution in [0.5, 0.6) is 11.5 Å². The summed E-state index contributed by atoms with van der Waals surface area (Å²) in [5.41, 5.74) is 0.835. The molecule has 0 aliphatic carbocycles. The molecule has 39 heavy (non-hydrogen) atoms. The normalized spacial score (nSPS) is 12.1. The van der Waals surface area contributed by atoms with Crippen LogP contribution >= 0.6 is 23.2 Å².